The van der Waals surface area contributed by atoms with Gasteiger partial charge in [-0.05, 0) is 35.8 Å². The summed E-state index contributed by atoms with van der Waals surface area (Å²) >= 11 is 0. The van der Waals surface area contributed by atoms with Crippen LogP contribution in [0.25, 0.3) is 0 Å². The zero-order chi connectivity index (χ0) is 16.5. The molecule has 0 saturated heterocycles. The van der Waals surface area contributed by atoms with E-state index in [-0.39, 0.29) is 0 Å². The number of guanidine groups is 1. The molecule has 0 saturated carbocycles. The van der Waals surface area contributed by atoms with Crippen LogP contribution in [0.1, 0.15) is 31.7 Å². The Kier molecular flexibility index (Phi) is 6.47. The second-order valence-electron chi connectivity index (χ2n) is 5.39. The Bertz CT molecular complexity index is 607. The Morgan fingerprint density at radius 2 is 2.30 bits per heavy atom. The summed E-state index contributed by atoms with van der Waals surface area (Å²) in [4.78, 5) is 8.68. The van der Waals surface area contributed by atoms with Crippen LogP contribution in [0.4, 0.5) is 5.69 Å². The van der Waals surface area contributed by atoms with Crippen LogP contribution < -0.4 is 21.3 Å². The fraction of sp³-hybridized carbons (Fsp3) is 0.412. The first-order valence-corrected chi connectivity index (χ1v) is 7.94. The number of nitrogens with two attached hydrogens (primary N) is 1. The van der Waals surface area contributed by atoms with Crippen molar-refractivity contribution in [3.63, 3.8) is 0 Å². The molecule has 0 aromatic heterocycles. The largest absolute Gasteiger partial charge is 0.497 e. The Morgan fingerprint density at radius 3 is 3.09 bits per heavy atom. The van der Waals surface area contributed by atoms with Crippen LogP contribution in [0.2, 0.25) is 0 Å². The molecule has 4 N–H and O–H groups in total. The lowest BCUT2D eigenvalue weighted by atomic mass is 10.0. The van der Waals surface area contributed by atoms with E-state index in [2.05, 4.69) is 27.8 Å². The average Bonchev–Trinajstić information content (AvgIpc) is 2.58. The minimum absolute atomic E-state index is 0.396. The molecule has 124 valence electrons. The van der Waals surface area contributed by atoms with Gasteiger partial charge in [0.2, 0.25) is 5.96 Å². The van der Waals surface area contributed by atoms with E-state index in [4.69, 9.17) is 10.5 Å². The summed E-state index contributed by atoms with van der Waals surface area (Å²) in [6.45, 7) is 2.91. The first-order chi connectivity index (χ1) is 11.2. The molecule has 1 aromatic carbocycles. The Balaban J connectivity index is 1.85. The van der Waals surface area contributed by atoms with E-state index >= 15 is 0 Å². The molecular weight excluding hydrogens is 290 g/mol. The van der Waals surface area contributed by atoms with Gasteiger partial charge >= 0.3 is 0 Å². The van der Waals surface area contributed by atoms with Gasteiger partial charge in [-0.2, -0.15) is 0 Å². The molecule has 0 atom stereocenters. The number of nitrogens with zero attached hydrogens (tertiary/aromatic N) is 2. The highest BCUT2D eigenvalue weighted by Gasteiger charge is 2.10. The molecule has 1 aromatic rings. The van der Waals surface area contributed by atoms with Gasteiger partial charge in [0.15, 0.2) is 0 Å². The highest BCUT2D eigenvalue weighted by molar-refractivity contribution is 5.85. The highest BCUT2D eigenvalue weighted by Crippen LogP contribution is 2.29. The molecule has 6 nitrogen and oxygen atoms in total. The zero-order valence-electron chi connectivity index (χ0n) is 13.8. The van der Waals surface area contributed by atoms with Crippen molar-refractivity contribution in [3.05, 3.63) is 35.5 Å². The van der Waals surface area contributed by atoms with Crippen LogP contribution in [0.5, 0.6) is 5.75 Å². The number of nitrogens with one attached hydrogen (secondary N) is 2. The summed E-state index contributed by atoms with van der Waals surface area (Å²) in [6.07, 6.45) is 7.90. The molecule has 23 heavy (non-hydrogen) atoms. The lowest BCUT2D eigenvalue weighted by Gasteiger charge is -2.14. The molecule has 0 unspecified atom stereocenters. The van der Waals surface area contributed by atoms with Crippen molar-refractivity contribution in [3.8, 4) is 5.75 Å². The molecule has 1 heterocycles. The number of methoxy groups -OCH3 is 1. The number of fused-ring (bicyclic) bond motifs is 1. The summed E-state index contributed by atoms with van der Waals surface area (Å²) in [5.74, 6) is 1.24. The average molecular weight is 315 g/mol. The molecule has 1 aliphatic heterocycles. The lowest BCUT2D eigenvalue weighted by molar-refractivity contribution is 0.414. The number of allylic oxidation sites excluding steroid dienone is 1. The van der Waals surface area contributed by atoms with Crippen LogP contribution in [-0.2, 0) is 6.42 Å². The van der Waals surface area contributed by atoms with E-state index in [1.807, 2.05) is 30.6 Å². The van der Waals surface area contributed by atoms with E-state index in [1.54, 1.807) is 7.11 Å². The van der Waals surface area contributed by atoms with Crippen LogP contribution in [0.3, 0.4) is 0 Å². The number of rotatable bonds is 7. The van der Waals surface area contributed by atoms with Crippen molar-refractivity contribution in [1.29, 1.82) is 0 Å². The van der Waals surface area contributed by atoms with Gasteiger partial charge in [-0.15, -0.1) is 0 Å². The number of benzene rings is 1. The van der Waals surface area contributed by atoms with Crippen molar-refractivity contribution in [2.24, 2.45) is 15.7 Å². The third-order valence-electron chi connectivity index (χ3n) is 3.55. The number of ether oxygens (including phenoxy) is 1. The fourth-order valence-electron chi connectivity index (χ4n) is 2.27. The van der Waals surface area contributed by atoms with Crippen LogP contribution in [0.15, 0.2) is 40.0 Å². The van der Waals surface area contributed by atoms with E-state index < -0.39 is 0 Å². The second kappa shape index (κ2) is 8.82. The van der Waals surface area contributed by atoms with Gasteiger partial charge in [0.25, 0.3) is 0 Å². The maximum absolute atomic E-state index is 5.78. The topological polar surface area (TPSA) is 84.0 Å². The van der Waals surface area contributed by atoms with Crippen molar-refractivity contribution >= 4 is 17.9 Å². The molecule has 0 spiro atoms. The molecule has 2 rings (SSSR count). The van der Waals surface area contributed by atoms with Crippen molar-refractivity contribution in [1.82, 2.24) is 10.9 Å². The van der Waals surface area contributed by atoms with E-state index in [0.717, 1.165) is 42.0 Å². The van der Waals surface area contributed by atoms with Crippen LogP contribution >= 0.6 is 0 Å². The number of hydrazine groups is 1. The van der Waals surface area contributed by atoms with Crippen molar-refractivity contribution in [2.75, 3.05) is 13.7 Å². The molecule has 0 bridgehead atoms. The summed E-state index contributed by atoms with van der Waals surface area (Å²) in [7, 11) is 1.67. The standard InChI is InChI=1S/C17H25N5O/c1-3-4-5-8-19-17(18)22-21-12-13-9-14-10-15(23-2)6-7-16(14)20-11-13/h6-7,10-12,21H,3-5,8-9H2,1-2H3,(H3,18,19,22). The van der Waals surface area contributed by atoms with E-state index in [9.17, 15) is 0 Å². The smallest absolute Gasteiger partial charge is 0.207 e. The van der Waals surface area contributed by atoms with Gasteiger partial charge < -0.3 is 15.9 Å². The van der Waals surface area contributed by atoms with Crippen molar-refractivity contribution in [2.45, 2.75) is 32.6 Å². The van der Waals surface area contributed by atoms with Gasteiger partial charge in [0.1, 0.15) is 5.75 Å². The third-order valence-corrected chi connectivity index (χ3v) is 3.55. The number of unbranched alkanes of at least 4 members (excludes halogenated alkanes) is 2. The first-order valence-electron chi connectivity index (χ1n) is 7.94. The molecule has 1 aliphatic rings. The zero-order valence-corrected chi connectivity index (χ0v) is 13.8. The summed E-state index contributed by atoms with van der Waals surface area (Å²) in [5, 5.41) is 0. The number of hydrogen-bond acceptors (Lipinski definition) is 4. The second-order valence-corrected chi connectivity index (χ2v) is 5.39. The number of aliphatic imine (C=N–C) groups is 2. The van der Waals surface area contributed by atoms with Gasteiger partial charge in [-0.1, -0.05) is 19.8 Å². The molecule has 0 aliphatic carbocycles. The minimum Gasteiger partial charge on any atom is -0.497 e. The maximum Gasteiger partial charge on any atom is 0.207 e. The number of hydrogen-bond donors (Lipinski definition) is 3. The van der Waals surface area contributed by atoms with Crippen LogP contribution in [-0.4, -0.2) is 25.8 Å². The van der Waals surface area contributed by atoms with Gasteiger partial charge in [0.05, 0.1) is 12.8 Å². The Hall–Kier alpha value is -2.50. The normalized spacial score (nSPS) is 15.4. The first kappa shape index (κ1) is 16.9. The quantitative estimate of drug-likeness (QED) is 0.312. The monoisotopic (exact) mass is 315 g/mol. The van der Waals surface area contributed by atoms with Crippen molar-refractivity contribution < 1.29 is 4.74 Å². The van der Waals surface area contributed by atoms with Crippen LogP contribution in [0, 0.1) is 0 Å². The Labute approximate surface area is 137 Å². The molecule has 0 amide bonds. The lowest BCUT2D eigenvalue weighted by Crippen LogP contribution is -2.40. The summed E-state index contributed by atoms with van der Waals surface area (Å²) in [6, 6.07) is 5.89. The maximum atomic E-state index is 5.78. The minimum atomic E-state index is 0.396. The van der Waals surface area contributed by atoms with Gasteiger partial charge in [0, 0.05) is 25.4 Å². The van der Waals surface area contributed by atoms with E-state index in [1.165, 1.54) is 12.8 Å². The highest BCUT2D eigenvalue weighted by atomic mass is 16.5. The summed E-state index contributed by atoms with van der Waals surface area (Å²) in [5.41, 5.74) is 14.8. The molecular formula is C17H25N5O. The van der Waals surface area contributed by atoms with Gasteiger partial charge in [-0.25, -0.2) is 0 Å². The fourth-order valence-corrected chi connectivity index (χ4v) is 2.27. The van der Waals surface area contributed by atoms with Gasteiger partial charge in [-0.3, -0.25) is 15.4 Å². The Morgan fingerprint density at radius 1 is 1.43 bits per heavy atom. The predicted octanol–water partition coefficient (Wildman–Crippen LogP) is 2.44. The SMILES string of the molecule is CCCCCN=C(N)NNC=C1C=Nc2ccc(OC)cc2C1. The predicted molar refractivity (Wildman–Crippen MR) is 95.2 cm³/mol. The molecule has 0 fully saturated rings. The third kappa shape index (κ3) is 5.32. The summed E-state index contributed by atoms with van der Waals surface area (Å²) < 4.78 is 5.25. The molecule has 6 heteroatoms. The molecule has 0 radical (unpaired) electrons. The van der Waals surface area contributed by atoms with E-state index in [0.29, 0.717) is 5.96 Å².